The highest BCUT2D eigenvalue weighted by Gasteiger charge is 2.25. The van der Waals surface area contributed by atoms with Crippen LogP contribution in [0.3, 0.4) is 0 Å². The maximum absolute atomic E-state index is 7.12. The fraction of sp³-hybridized carbons (Fsp3) is 0. The summed E-state index contributed by atoms with van der Waals surface area (Å²) in [7, 11) is 0. The lowest BCUT2D eigenvalue weighted by atomic mass is 9.94. The van der Waals surface area contributed by atoms with E-state index in [0.717, 1.165) is 88.5 Å². The molecule has 5 aromatic heterocycles. The summed E-state index contributed by atoms with van der Waals surface area (Å²) in [5.74, 6) is 0. The Bertz CT molecular complexity index is 4920. The Kier molecular flexibility index (Phi) is 8.10. The lowest BCUT2D eigenvalue weighted by Crippen LogP contribution is -1.98. The number of rotatable bonds is 5. The number of nitrogens with zero attached hydrogens (tertiary/aromatic N) is 4. The molecule has 5 heteroatoms. The minimum absolute atomic E-state index is 0.847. The molecule has 0 saturated heterocycles. The SMILES string of the molecule is c1ccc(-n2c3ccccc3c3cc(-c4ccc5c(c4)c4ccccc4n5-c4cc5c(-c6ccc7c(c6)c6ccccc6n7-c6ccccc6)nc6ccccc6c5c5c4oc4ccccc45)ccc32)cc1. The van der Waals surface area contributed by atoms with Gasteiger partial charge in [0.2, 0.25) is 0 Å². The molecule has 11 aromatic carbocycles. The largest absolute Gasteiger partial charge is 0.454 e. The van der Waals surface area contributed by atoms with Crippen LogP contribution in [0.2, 0.25) is 0 Å². The van der Waals surface area contributed by atoms with Crippen LogP contribution in [-0.2, 0) is 0 Å². The van der Waals surface area contributed by atoms with E-state index in [-0.39, 0.29) is 0 Å². The molecule has 334 valence electrons. The van der Waals surface area contributed by atoms with Gasteiger partial charge < -0.3 is 18.1 Å². The van der Waals surface area contributed by atoms with Crippen molar-refractivity contribution in [1.82, 2.24) is 18.7 Å². The van der Waals surface area contributed by atoms with E-state index in [1.807, 2.05) is 0 Å². The van der Waals surface area contributed by atoms with Gasteiger partial charge in [-0.05, 0) is 108 Å². The summed E-state index contributed by atoms with van der Waals surface area (Å²) in [6, 6.07) is 87.8. The van der Waals surface area contributed by atoms with Gasteiger partial charge in [0.1, 0.15) is 5.58 Å². The highest BCUT2D eigenvalue weighted by atomic mass is 16.3. The van der Waals surface area contributed by atoms with Crippen LogP contribution in [0.25, 0.3) is 148 Å². The maximum atomic E-state index is 7.12. The van der Waals surface area contributed by atoms with Crippen molar-refractivity contribution >= 4 is 109 Å². The molecule has 0 spiro atoms. The highest BCUT2D eigenvalue weighted by molar-refractivity contribution is 6.30. The van der Waals surface area contributed by atoms with E-state index in [1.54, 1.807) is 0 Å². The van der Waals surface area contributed by atoms with E-state index in [0.29, 0.717) is 0 Å². The lowest BCUT2D eigenvalue weighted by molar-refractivity contribution is 0.666. The third kappa shape index (κ3) is 5.50. The van der Waals surface area contributed by atoms with Gasteiger partial charge in [-0.25, -0.2) is 4.98 Å². The Morgan fingerprint density at radius 2 is 0.722 bits per heavy atom. The van der Waals surface area contributed by atoms with Gasteiger partial charge in [0.05, 0.1) is 50.0 Å². The topological polar surface area (TPSA) is 40.8 Å². The zero-order chi connectivity index (χ0) is 47.0. The third-order valence-electron chi connectivity index (χ3n) is 15.2. The first-order valence-electron chi connectivity index (χ1n) is 24.6. The number of benzene rings is 11. The van der Waals surface area contributed by atoms with Crippen LogP contribution in [0.4, 0.5) is 0 Å². The number of pyridine rings is 1. The van der Waals surface area contributed by atoms with Crippen LogP contribution in [0.5, 0.6) is 0 Å². The quantitative estimate of drug-likeness (QED) is 0.161. The Morgan fingerprint density at radius 1 is 0.292 bits per heavy atom. The van der Waals surface area contributed by atoms with Crippen molar-refractivity contribution in [2.45, 2.75) is 0 Å². The Balaban J connectivity index is 0.960. The van der Waals surface area contributed by atoms with Crippen molar-refractivity contribution in [2.75, 3.05) is 0 Å². The highest BCUT2D eigenvalue weighted by Crippen LogP contribution is 2.47. The molecular formula is C67H40N4O. The zero-order valence-electron chi connectivity index (χ0n) is 38.8. The van der Waals surface area contributed by atoms with Gasteiger partial charge in [0.25, 0.3) is 0 Å². The van der Waals surface area contributed by atoms with Gasteiger partial charge in [0.15, 0.2) is 5.58 Å². The summed E-state index contributed by atoms with van der Waals surface area (Å²) in [6.07, 6.45) is 0. The van der Waals surface area contributed by atoms with Gasteiger partial charge in [-0.15, -0.1) is 0 Å². The molecular weight excluding hydrogens is 877 g/mol. The molecule has 0 bridgehead atoms. The molecule has 5 nitrogen and oxygen atoms in total. The fourth-order valence-electron chi connectivity index (χ4n) is 12.1. The molecule has 5 heterocycles. The monoisotopic (exact) mass is 916 g/mol. The number of furan rings is 1. The number of fused-ring (bicyclic) bond motifs is 16. The first kappa shape index (κ1) is 39.2. The molecule has 0 fully saturated rings. The first-order chi connectivity index (χ1) is 35.7. The summed E-state index contributed by atoms with van der Waals surface area (Å²) in [6.45, 7) is 0. The number of para-hydroxylation sites is 7. The molecule has 16 rings (SSSR count). The Hall–Kier alpha value is -9.71. The fourth-order valence-corrected chi connectivity index (χ4v) is 12.1. The standard InChI is InChI=1S/C67H40N4O/c1-3-17-44(18-4-1)69-56-27-13-8-21-46(56)51-37-41(31-34-59(51)69)42-32-35-61-52(38-42)48-23-10-15-29-58(48)71(61)62-40-54-64(65-50-25-11-16-30-63(50)72-67(62)65)49-24-7-12-26-55(49)68-66(54)43-33-36-60-53(39-43)47-22-9-14-28-57(47)70(60)45-19-5-2-6-20-45/h1-40H. The first-order valence-corrected chi connectivity index (χ1v) is 24.6. The number of hydrogen-bond donors (Lipinski definition) is 0. The number of hydrogen-bond acceptors (Lipinski definition) is 2. The van der Waals surface area contributed by atoms with Gasteiger partial charge >= 0.3 is 0 Å². The summed E-state index contributed by atoms with van der Waals surface area (Å²) in [4.78, 5) is 5.60. The molecule has 0 amide bonds. The molecule has 0 aliphatic rings. The van der Waals surface area contributed by atoms with Crippen molar-refractivity contribution in [3.8, 4) is 39.4 Å². The van der Waals surface area contributed by atoms with Crippen LogP contribution in [-0.4, -0.2) is 18.7 Å². The average Bonchev–Trinajstić information content (AvgIpc) is 4.19. The zero-order valence-corrected chi connectivity index (χ0v) is 38.8. The Labute approximate surface area is 412 Å². The van der Waals surface area contributed by atoms with Crippen LogP contribution in [0.1, 0.15) is 0 Å². The lowest BCUT2D eigenvalue weighted by Gasteiger charge is -2.16. The minimum Gasteiger partial charge on any atom is -0.454 e. The predicted molar refractivity (Wildman–Crippen MR) is 300 cm³/mol. The second-order valence-corrected chi connectivity index (χ2v) is 19.0. The Morgan fingerprint density at radius 3 is 1.31 bits per heavy atom. The molecule has 72 heavy (non-hydrogen) atoms. The summed E-state index contributed by atoms with van der Waals surface area (Å²) < 4.78 is 14.3. The third-order valence-corrected chi connectivity index (χ3v) is 15.2. The summed E-state index contributed by atoms with van der Waals surface area (Å²) in [5.41, 5.74) is 17.2. The number of aromatic nitrogens is 4. The van der Waals surface area contributed by atoms with E-state index in [2.05, 4.69) is 256 Å². The van der Waals surface area contributed by atoms with Gasteiger partial charge in [-0.3, -0.25) is 0 Å². The van der Waals surface area contributed by atoms with Crippen LogP contribution in [0, 0.1) is 0 Å². The normalized spacial score (nSPS) is 12.2. The van der Waals surface area contributed by atoms with E-state index >= 15 is 0 Å². The van der Waals surface area contributed by atoms with Crippen LogP contribution in [0.15, 0.2) is 247 Å². The molecule has 0 aliphatic heterocycles. The molecule has 0 atom stereocenters. The summed E-state index contributed by atoms with van der Waals surface area (Å²) >= 11 is 0. The van der Waals surface area contributed by atoms with Gasteiger partial charge in [-0.1, -0.05) is 146 Å². The van der Waals surface area contributed by atoms with Crippen LogP contribution < -0.4 is 0 Å². The molecule has 16 aromatic rings. The second-order valence-electron chi connectivity index (χ2n) is 19.0. The maximum Gasteiger partial charge on any atom is 0.160 e. The van der Waals surface area contributed by atoms with E-state index in [9.17, 15) is 0 Å². The average molecular weight is 917 g/mol. The van der Waals surface area contributed by atoms with Crippen molar-refractivity contribution in [1.29, 1.82) is 0 Å². The van der Waals surface area contributed by atoms with Crippen molar-refractivity contribution in [3.05, 3.63) is 243 Å². The van der Waals surface area contributed by atoms with Crippen LogP contribution >= 0.6 is 0 Å². The molecule has 0 saturated carbocycles. The van der Waals surface area contributed by atoms with Crippen molar-refractivity contribution in [3.63, 3.8) is 0 Å². The second kappa shape index (κ2) is 14.9. The van der Waals surface area contributed by atoms with E-state index in [4.69, 9.17) is 9.40 Å². The van der Waals surface area contributed by atoms with E-state index < -0.39 is 0 Å². The molecule has 0 N–H and O–H groups in total. The predicted octanol–water partition coefficient (Wildman–Crippen LogP) is 17.9. The summed E-state index contributed by atoms with van der Waals surface area (Å²) in [5, 5.41) is 12.7. The van der Waals surface area contributed by atoms with E-state index in [1.165, 1.54) is 60.0 Å². The van der Waals surface area contributed by atoms with Crippen molar-refractivity contribution in [2.24, 2.45) is 0 Å². The molecule has 0 radical (unpaired) electrons. The smallest absolute Gasteiger partial charge is 0.160 e. The van der Waals surface area contributed by atoms with Gasteiger partial charge in [0, 0.05) is 76.2 Å². The van der Waals surface area contributed by atoms with Gasteiger partial charge in [-0.2, -0.15) is 0 Å². The molecule has 0 aliphatic carbocycles. The molecule has 0 unspecified atom stereocenters. The minimum atomic E-state index is 0.847. The van der Waals surface area contributed by atoms with Crippen molar-refractivity contribution < 1.29 is 4.42 Å².